The molecule has 1 aromatic heterocycles. The summed E-state index contributed by atoms with van der Waals surface area (Å²) in [5.74, 6) is -0.638. The second kappa shape index (κ2) is 10.2. The van der Waals surface area contributed by atoms with E-state index in [1.54, 1.807) is 18.5 Å². The number of nitrogens with zero attached hydrogens (tertiary/aromatic N) is 3. The Bertz CT molecular complexity index is 1270. The van der Waals surface area contributed by atoms with E-state index < -0.39 is 29.3 Å². The lowest BCUT2D eigenvalue weighted by Gasteiger charge is -2.41. The van der Waals surface area contributed by atoms with E-state index in [9.17, 15) is 31.4 Å². The van der Waals surface area contributed by atoms with Crippen LogP contribution in [0, 0.1) is 5.82 Å². The molecule has 11 heteroatoms. The van der Waals surface area contributed by atoms with Crippen molar-refractivity contribution >= 4 is 0 Å². The minimum Gasteiger partial charge on any atom is -0.369 e. The van der Waals surface area contributed by atoms with Gasteiger partial charge in [0.25, 0.3) is 5.60 Å². The number of alkyl halides is 6. The average molecular weight is 554 g/mol. The average Bonchev–Trinajstić information content (AvgIpc) is 3.10. The van der Waals surface area contributed by atoms with Gasteiger partial charge >= 0.3 is 12.4 Å². The summed E-state index contributed by atoms with van der Waals surface area (Å²) < 4.78 is 93.9. The number of hydrogen-bond donors (Lipinski definition) is 1. The lowest BCUT2D eigenvalue weighted by Crippen LogP contribution is -2.53. The number of rotatable bonds is 6. The second-order valence-electron chi connectivity index (χ2n) is 10.2. The van der Waals surface area contributed by atoms with Crippen LogP contribution in [0.2, 0.25) is 0 Å². The molecule has 0 radical (unpaired) electrons. The van der Waals surface area contributed by atoms with Crippen molar-refractivity contribution in [1.82, 2.24) is 14.8 Å². The first kappa shape index (κ1) is 27.5. The summed E-state index contributed by atoms with van der Waals surface area (Å²) in [5.41, 5.74) is -4.35. The number of benzene rings is 2. The molecule has 2 saturated heterocycles. The topological polar surface area (TPSA) is 39.6 Å². The van der Waals surface area contributed by atoms with E-state index in [0.717, 1.165) is 50.2 Å². The largest absolute Gasteiger partial charge is 0.430 e. The summed E-state index contributed by atoms with van der Waals surface area (Å²) in [5, 5.41) is 9.56. The minimum absolute atomic E-state index is 0.0371. The van der Waals surface area contributed by atoms with Crippen LogP contribution in [-0.4, -0.2) is 57.4 Å². The highest BCUT2D eigenvalue weighted by Crippen LogP contribution is 2.50. The summed E-state index contributed by atoms with van der Waals surface area (Å²) in [7, 11) is 0. The maximum Gasteiger partial charge on any atom is 0.430 e. The van der Waals surface area contributed by atoms with Gasteiger partial charge in [-0.25, -0.2) is 4.39 Å². The number of hydrogen-bond acceptors (Lipinski definition) is 4. The SMILES string of the molecule is OC(c1ccc(-c2ccc(CN3CC4CCC(C3)N4Cc3ccncc3)cc2F)cc1)(C(F)(F)F)C(F)(F)F. The third-order valence-corrected chi connectivity index (χ3v) is 7.70. The summed E-state index contributed by atoms with van der Waals surface area (Å²) in [6.45, 7) is 3.06. The van der Waals surface area contributed by atoms with Crippen molar-refractivity contribution in [2.45, 2.75) is 56.0 Å². The molecule has 0 spiro atoms. The molecule has 0 saturated carbocycles. The number of aliphatic hydroxyl groups is 1. The maximum atomic E-state index is 15.0. The molecule has 2 aliphatic rings. The van der Waals surface area contributed by atoms with E-state index in [2.05, 4.69) is 14.8 Å². The van der Waals surface area contributed by atoms with E-state index in [-0.39, 0.29) is 11.1 Å². The monoisotopic (exact) mass is 553 g/mol. The van der Waals surface area contributed by atoms with E-state index in [4.69, 9.17) is 0 Å². The fourth-order valence-electron chi connectivity index (χ4n) is 5.69. The van der Waals surface area contributed by atoms with Crippen LogP contribution in [0.1, 0.15) is 29.5 Å². The lowest BCUT2D eigenvalue weighted by molar-refractivity contribution is -0.376. The van der Waals surface area contributed by atoms with Crippen molar-refractivity contribution < 1.29 is 35.8 Å². The molecular formula is C28H26F7N3O. The van der Waals surface area contributed by atoms with Crippen LogP contribution >= 0.6 is 0 Å². The first-order valence-electron chi connectivity index (χ1n) is 12.5. The van der Waals surface area contributed by atoms with Crippen LogP contribution < -0.4 is 0 Å². The normalized spacial score (nSPS) is 20.9. The van der Waals surface area contributed by atoms with Crippen LogP contribution in [0.5, 0.6) is 0 Å². The van der Waals surface area contributed by atoms with Gasteiger partial charge in [0.05, 0.1) is 0 Å². The molecule has 2 fully saturated rings. The van der Waals surface area contributed by atoms with Crippen molar-refractivity contribution in [3.63, 3.8) is 0 Å². The fraction of sp³-hybridized carbons (Fsp3) is 0.393. The maximum absolute atomic E-state index is 15.0. The third-order valence-electron chi connectivity index (χ3n) is 7.70. The Morgan fingerprint density at radius 3 is 1.90 bits per heavy atom. The van der Waals surface area contributed by atoms with Gasteiger partial charge in [0.2, 0.25) is 0 Å². The molecule has 3 aromatic rings. The van der Waals surface area contributed by atoms with E-state index >= 15 is 4.39 Å². The Kier molecular flexibility index (Phi) is 7.19. The predicted octanol–water partition coefficient (Wildman–Crippen LogP) is 6.05. The number of aromatic nitrogens is 1. The van der Waals surface area contributed by atoms with Gasteiger partial charge in [-0.2, -0.15) is 26.3 Å². The smallest absolute Gasteiger partial charge is 0.369 e. The summed E-state index contributed by atoms with van der Waals surface area (Å²) in [6, 6.07) is 12.2. The second-order valence-corrected chi connectivity index (χ2v) is 10.2. The molecule has 2 aliphatic heterocycles. The Hall–Kier alpha value is -3.02. The van der Waals surface area contributed by atoms with Crippen molar-refractivity contribution in [2.75, 3.05) is 13.1 Å². The molecule has 2 atom stereocenters. The number of pyridine rings is 1. The predicted molar refractivity (Wildman–Crippen MR) is 130 cm³/mol. The van der Waals surface area contributed by atoms with Gasteiger partial charge in [-0.1, -0.05) is 36.4 Å². The van der Waals surface area contributed by atoms with Gasteiger partial charge < -0.3 is 5.11 Å². The Morgan fingerprint density at radius 2 is 1.36 bits per heavy atom. The van der Waals surface area contributed by atoms with Gasteiger partial charge in [-0.15, -0.1) is 0 Å². The van der Waals surface area contributed by atoms with Gasteiger partial charge in [0, 0.05) is 61.8 Å². The molecule has 2 bridgehead atoms. The summed E-state index contributed by atoms with van der Waals surface area (Å²) in [6.07, 6.45) is -6.22. The van der Waals surface area contributed by atoms with Crippen LogP contribution in [0.25, 0.3) is 11.1 Å². The van der Waals surface area contributed by atoms with Crippen molar-refractivity contribution in [1.29, 1.82) is 0 Å². The zero-order valence-electron chi connectivity index (χ0n) is 20.7. The zero-order chi connectivity index (χ0) is 28.0. The molecule has 0 amide bonds. The highest BCUT2D eigenvalue weighted by molar-refractivity contribution is 5.65. The molecule has 5 rings (SSSR count). The summed E-state index contributed by atoms with van der Waals surface area (Å²) in [4.78, 5) is 8.86. The van der Waals surface area contributed by atoms with Crippen LogP contribution in [0.4, 0.5) is 30.7 Å². The Labute approximate surface area is 220 Å². The molecule has 208 valence electrons. The molecule has 0 aliphatic carbocycles. The van der Waals surface area contributed by atoms with Crippen molar-refractivity contribution in [2.24, 2.45) is 0 Å². The fourth-order valence-corrected chi connectivity index (χ4v) is 5.69. The van der Waals surface area contributed by atoms with Crippen LogP contribution in [0.3, 0.4) is 0 Å². The van der Waals surface area contributed by atoms with Crippen molar-refractivity contribution in [3.8, 4) is 11.1 Å². The molecule has 2 unspecified atom stereocenters. The van der Waals surface area contributed by atoms with E-state index in [0.29, 0.717) is 30.8 Å². The Morgan fingerprint density at radius 1 is 0.769 bits per heavy atom. The minimum atomic E-state index is -5.98. The first-order valence-corrected chi connectivity index (χ1v) is 12.5. The van der Waals surface area contributed by atoms with E-state index in [1.807, 2.05) is 12.1 Å². The Balaban J connectivity index is 1.27. The molecule has 4 nitrogen and oxygen atoms in total. The quantitative estimate of drug-likeness (QED) is 0.378. The van der Waals surface area contributed by atoms with Crippen molar-refractivity contribution in [3.05, 3.63) is 89.5 Å². The highest BCUT2D eigenvalue weighted by atomic mass is 19.4. The van der Waals surface area contributed by atoms with Crippen LogP contribution in [-0.2, 0) is 18.7 Å². The van der Waals surface area contributed by atoms with Crippen LogP contribution in [0.15, 0.2) is 67.0 Å². The van der Waals surface area contributed by atoms with Gasteiger partial charge in [0.1, 0.15) is 5.82 Å². The molecule has 1 N–H and O–H groups in total. The van der Waals surface area contributed by atoms with Gasteiger partial charge in [0.15, 0.2) is 0 Å². The molecular weight excluding hydrogens is 527 g/mol. The number of likely N-dealkylation sites (tertiary alicyclic amines) is 1. The first-order chi connectivity index (χ1) is 18.4. The number of halogens is 7. The molecule has 2 aromatic carbocycles. The van der Waals surface area contributed by atoms with Gasteiger partial charge in [-0.3, -0.25) is 14.8 Å². The molecule has 39 heavy (non-hydrogen) atoms. The molecule has 3 heterocycles. The number of piperazine rings is 1. The number of fused-ring (bicyclic) bond motifs is 2. The zero-order valence-corrected chi connectivity index (χ0v) is 20.7. The summed E-state index contributed by atoms with van der Waals surface area (Å²) >= 11 is 0. The third kappa shape index (κ3) is 5.27. The standard InChI is InChI=1S/C28H26F7N3O/c29-25-13-19(14-37-16-22-6-7-23(17-37)38(22)15-18-9-11-36-12-10-18)1-8-24(25)20-2-4-21(5-3-20)26(39,27(30,31)32)28(33,34)35/h1-5,8-13,22-23,39H,6-7,14-17H2. The lowest BCUT2D eigenvalue weighted by atomic mass is 9.90. The highest BCUT2D eigenvalue weighted by Gasteiger charge is 2.71. The van der Waals surface area contributed by atoms with E-state index in [1.165, 1.54) is 17.7 Å². The van der Waals surface area contributed by atoms with Gasteiger partial charge in [-0.05, 0) is 47.7 Å².